The largest absolute Gasteiger partial charge is 0.416 e. The number of benzene rings is 1. The minimum absolute atomic E-state index is 0.0178. The van der Waals surface area contributed by atoms with Crippen LogP contribution in [0, 0.1) is 5.82 Å². The molecule has 1 rings (SSSR count). The third kappa shape index (κ3) is 3.48. The van der Waals surface area contributed by atoms with Crippen molar-refractivity contribution >= 4 is 0 Å². The fourth-order valence-corrected chi connectivity index (χ4v) is 1.31. The summed E-state index contributed by atoms with van der Waals surface area (Å²) >= 11 is 0. The summed E-state index contributed by atoms with van der Waals surface area (Å²) in [4.78, 5) is 0. The zero-order valence-corrected chi connectivity index (χ0v) is 8.68. The van der Waals surface area contributed by atoms with Crippen LogP contribution in [0.15, 0.2) is 18.2 Å². The Morgan fingerprint density at radius 3 is 2.44 bits per heavy atom. The van der Waals surface area contributed by atoms with E-state index in [0.717, 1.165) is 12.1 Å². The number of aryl methyl sites for hydroxylation is 1. The monoisotopic (exact) mass is 236 g/mol. The van der Waals surface area contributed by atoms with Crippen molar-refractivity contribution in [3.05, 3.63) is 35.1 Å². The SMILES string of the molecule is CC(O)CCc1cc(C(F)(F)F)ccc1F. The molecular formula is C11H12F4O. The van der Waals surface area contributed by atoms with Gasteiger partial charge in [0.1, 0.15) is 5.82 Å². The number of aliphatic hydroxyl groups is 1. The fourth-order valence-electron chi connectivity index (χ4n) is 1.31. The highest BCUT2D eigenvalue weighted by Gasteiger charge is 2.30. The molecule has 0 heterocycles. The molecule has 0 aliphatic rings. The molecule has 1 N–H and O–H groups in total. The summed E-state index contributed by atoms with van der Waals surface area (Å²) in [6.07, 6.45) is -4.80. The first kappa shape index (κ1) is 13.0. The lowest BCUT2D eigenvalue weighted by molar-refractivity contribution is -0.137. The zero-order valence-electron chi connectivity index (χ0n) is 8.68. The van der Waals surface area contributed by atoms with Crippen LogP contribution in [0.25, 0.3) is 0 Å². The number of hydrogen-bond donors (Lipinski definition) is 1. The van der Waals surface area contributed by atoms with E-state index in [9.17, 15) is 17.6 Å². The van der Waals surface area contributed by atoms with Crippen LogP contribution in [0.3, 0.4) is 0 Å². The number of aliphatic hydroxyl groups excluding tert-OH is 1. The predicted molar refractivity (Wildman–Crippen MR) is 51.4 cm³/mol. The second-order valence-corrected chi connectivity index (χ2v) is 3.69. The Kier molecular flexibility index (Phi) is 3.91. The van der Waals surface area contributed by atoms with Gasteiger partial charge in [0.15, 0.2) is 0 Å². The first-order valence-corrected chi connectivity index (χ1v) is 4.84. The van der Waals surface area contributed by atoms with Crippen molar-refractivity contribution in [2.75, 3.05) is 0 Å². The third-order valence-corrected chi connectivity index (χ3v) is 2.20. The molecule has 0 amide bonds. The quantitative estimate of drug-likeness (QED) is 0.799. The minimum Gasteiger partial charge on any atom is -0.393 e. The second kappa shape index (κ2) is 4.82. The van der Waals surface area contributed by atoms with E-state index in [2.05, 4.69) is 0 Å². The lowest BCUT2D eigenvalue weighted by atomic mass is 10.0. The van der Waals surface area contributed by atoms with Gasteiger partial charge in [0.25, 0.3) is 0 Å². The van der Waals surface area contributed by atoms with Gasteiger partial charge in [-0.2, -0.15) is 13.2 Å². The van der Waals surface area contributed by atoms with Gasteiger partial charge in [0, 0.05) is 0 Å². The second-order valence-electron chi connectivity index (χ2n) is 3.69. The highest BCUT2D eigenvalue weighted by Crippen LogP contribution is 2.30. The summed E-state index contributed by atoms with van der Waals surface area (Å²) < 4.78 is 50.1. The molecule has 1 aromatic carbocycles. The Hall–Kier alpha value is -1.10. The highest BCUT2D eigenvalue weighted by atomic mass is 19.4. The normalized spacial score (nSPS) is 13.9. The molecule has 90 valence electrons. The molecule has 0 saturated carbocycles. The van der Waals surface area contributed by atoms with E-state index in [1.165, 1.54) is 6.92 Å². The summed E-state index contributed by atoms with van der Waals surface area (Å²) in [7, 11) is 0. The molecule has 1 nitrogen and oxygen atoms in total. The lowest BCUT2D eigenvalue weighted by Crippen LogP contribution is -2.08. The number of halogens is 4. The van der Waals surface area contributed by atoms with Gasteiger partial charge in [-0.05, 0) is 43.5 Å². The molecule has 16 heavy (non-hydrogen) atoms. The summed E-state index contributed by atoms with van der Waals surface area (Å²) in [6.45, 7) is 1.51. The van der Waals surface area contributed by atoms with E-state index < -0.39 is 23.7 Å². The summed E-state index contributed by atoms with van der Waals surface area (Å²) in [5, 5.41) is 8.99. The van der Waals surface area contributed by atoms with Crippen LogP contribution in [0.4, 0.5) is 17.6 Å². The van der Waals surface area contributed by atoms with Gasteiger partial charge in [0.2, 0.25) is 0 Å². The van der Waals surface area contributed by atoms with E-state index in [1.54, 1.807) is 0 Å². The van der Waals surface area contributed by atoms with E-state index in [1.807, 2.05) is 0 Å². The van der Waals surface area contributed by atoms with Crippen molar-refractivity contribution in [3.63, 3.8) is 0 Å². The molecule has 0 fully saturated rings. The van der Waals surface area contributed by atoms with Gasteiger partial charge < -0.3 is 5.11 Å². The van der Waals surface area contributed by atoms with Crippen LogP contribution < -0.4 is 0 Å². The molecule has 0 aromatic heterocycles. The maximum Gasteiger partial charge on any atom is 0.416 e. The van der Waals surface area contributed by atoms with Crippen molar-refractivity contribution in [3.8, 4) is 0 Å². The van der Waals surface area contributed by atoms with E-state index in [4.69, 9.17) is 5.11 Å². The number of rotatable bonds is 3. The van der Waals surface area contributed by atoms with E-state index in [0.29, 0.717) is 6.07 Å². The van der Waals surface area contributed by atoms with Crippen LogP contribution in [0.2, 0.25) is 0 Å². The van der Waals surface area contributed by atoms with Gasteiger partial charge in [-0.1, -0.05) is 0 Å². The first-order valence-electron chi connectivity index (χ1n) is 4.84. The maximum absolute atomic E-state index is 13.2. The van der Waals surface area contributed by atoms with E-state index >= 15 is 0 Å². The van der Waals surface area contributed by atoms with Crippen molar-refractivity contribution in [1.29, 1.82) is 0 Å². The zero-order chi connectivity index (χ0) is 12.3. The molecular weight excluding hydrogens is 224 g/mol. The third-order valence-electron chi connectivity index (χ3n) is 2.20. The topological polar surface area (TPSA) is 20.2 Å². The molecule has 1 atom stereocenters. The fraction of sp³-hybridized carbons (Fsp3) is 0.455. The Bertz CT molecular complexity index is 357. The molecule has 0 aliphatic heterocycles. The Morgan fingerprint density at radius 1 is 1.31 bits per heavy atom. The molecule has 0 aliphatic carbocycles. The van der Waals surface area contributed by atoms with Gasteiger partial charge in [-0.3, -0.25) is 0 Å². The molecule has 0 radical (unpaired) electrons. The average molecular weight is 236 g/mol. The molecule has 0 saturated heterocycles. The molecule has 1 aromatic rings. The van der Waals surface area contributed by atoms with Gasteiger partial charge >= 0.3 is 6.18 Å². The highest BCUT2D eigenvalue weighted by molar-refractivity contribution is 5.27. The molecule has 1 unspecified atom stereocenters. The maximum atomic E-state index is 13.2. The van der Waals surface area contributed by atoms with Crippen molar-refractivity contribution in [2.45, 2.75) is 32.0 Å². The van der Waals surface area contributed by atoms with Crippen molar-refractivity contribution < 1.29 is 22.7 Å². The van der Waals surface area contributed by atoms with E-state index in [-0.39, 0.29) is 18.4 Å². The number of alkyl halides is 3. The first-order chi connectivity index (χ1) is 7.30. The van der Waals surface area contributed by atoms with Crippen LogP contribution in [0.5, 0.6) is 0 Å². The molecule has 0 spiro atoms. The van der Waals surface area contributed by atoms with Crippen LogP contribution >= 0.6 is 0 Å². The van der Waals surface area contributed by atoms with Crippen molar-refractivity contribution in [1.82, 2.24) is 0 Å². The standard InChI is InChI=1S/C11H12F4O/c1-7(16)2-3-8-6-9(11(13,14)15)4-5-10(8)12/h4-7,16H,2-3H2,1H3. The Morgan fingerprint density at radius 2 is 1.94 bits per heavy atom. The molecule has 5 heteroatoms. The van der Waals surface area contributed by atoms with Crippen LogP contribution in [-0.2, 0) is 12.6 Å². The minimum atomic E-state index is -4.46. The number of hydrogen-bond acceptors (Lipinski definition) is 1. The van der Waals surface area contributed by atoms with Gasteiger partial charge in [0.05, 0.1) is 11.7 Å². The van der Waals surface area contributed by atoms with Gasteiger partial charge in [-0.25, -0.2) is 4.39 Å². The summed E-state index contributed by atoms with van der Waals surface area (Å²) in [5.41, 5.74) is -0.884. The summed E-state index contributed by atoms with van der Waals surface area (Å²) in [5.74, 6) is -0.673. The van der Waals surface area contributed by atoms with Crippen LogP contribution in [-0.4, -0.2) is 11.2 Å². The predicted octanol–water partition coefficient (Wildman–Crippen LogP) is 3.16. The molecule has 0 bridgehead atoms. The average Bonchev–Trinajstić information content (AvgIpc) is 2.14. The Balaban J connectivity index is 2.91. The Labute approximate surface area is 90.7 Å². The lowest BCUT2D eigenvalue weighted by Gasteiger charge is -2.10. The van der Waals surface area contributed by atoms with Crippen molar-refractivity contribution in [2.24, 2.45) is 0 Å². The van der Waals surface area contributed by atoms with Crippen LogP contribution in [0.1, 0.15) is 24.5 Å². The van der Waals surface area contributed by atoms with Gasteiger partial charge in [-0.15, -0.1) is 0 Å². The summed E-state index contributed by atoms with van der Waals surface area (Å²) in [6, 6.07) is 2.30. The smallest absolute Gasteiger partial charge is 0.393 e.